The lowest BCUT2D eigenvalue weighted by atomic mass is 9.79. The summed E-state index contributed by atoms with van der Waals surface area (Å²) in [6, 6.07) is 6.15. The van der Waals surface area contributed by atoms with Gasteiger partial charge in [-0.1, -0.05) is 12.1 Å². The van der Waals surface area contributed by atoms with Gasteiger partial charge < -0.3 is 9.31 Å². The highest BCUT2D eigenvalue weighted by molar-refractivity contribution is 6.61. The lowest BCUT2D eigenvalue weighted by molar-refractivity contribution is 0.225. The fourth-order valence-corrected chi connectivity index (χ4v) is 1.16. The molecular weight excluding hydrogens is 182 g/mol. The standard InChI is InChI=1S/C10H14BFO2/c1-3-13-11(14-4-2)9-5-7-10(12)8-6-9/h5-8H,3-4H2,1-2H3. The summed E-state index contributed by atoms with van der Waals surface area (Å²) in [5, 5.41) is 0. The minimum atomic E-state index is -0.384. The average molecular weight is 196 g/mol. The Morgan fingerprint density at radius 2 is 1.57 bits per heavy atom. The minimum Gasteiger partial charge on any atom is -0.408 e. The molecule has 1 aromatic carbocycles. The van der Waals surface area contributed by atoms with E-state index >= 15 is 0 Å². The average Bonchev–Trinajstić information content (AvgIpc) is 2.19. The highest BCUT2D eigenvalue weighted by Gasteiger charge is 2.19. The lowest BCUT2D eigenvalue weighted by Crippen LogP contribution is -2.36. The fraction of sp³-hybridized carbons (Fsp3) is 0.400. The van der Waals surface area contributed by atoms with Crippen molar-refractivity contribution in [3.8, 4) is 0 Å². The molecule has 0 aliphatic heterocycles. The van der Waals surface area contributed by atoms with Crippen LogP contribution < -0.4 is 5.46 Å². The Hall–Kier alpha value is -0.865. The Balaban J connectivity index is 2.71. The van der Waals surface area contributed by atoms with Crippen LogP contribution in [0.5, 0.6) is 0 Å². The molecule has 0 aliphatic rings. The van der Waals surface area contributed by atoms with E-state index in [0.717, 1.165) is 5.46 Å². The van der Waals surface area contributed by atoms with Crippen molar-refractivity contribution in [2.24, 2.45) is 0 Å². The van der Waals surface area contributed by atoms with E-state index in [1.807, 2.05) is 13.8 Å². The number of hydrogen-bond donors (Lipinski definition) is 0. The highest BCUT2D eigenvalue weighted by Crippen LogP contribution is 1.97. The minimum absolute atomic E-state index is 0.250. The summed E-state index contributed by atoms with van der Waals surface area (Å²) in [6.07, 6.45) is 0. The van der Waals surface area contributed by atoms with Gasteiger partial charge in [-0.25, -0.2) is 4.39 Å². The predicted molar refractivity (Wildman–Crippen MR) is 55.0 cm³/mol. The Morgan fingerprint density at radius 1 is 1.07 bits per heavy atom. The molecule has 0 fully saturated rings. The van der Waals surface area contributed by atoms with Crippen molar-refractivity contribution in [1.29, 1.82) is 0 Å². The molecule has 0 radical (unpaired) electrons. The third kappa shape index (κ3) is 3.12. The number of benzene rings is 1. The molecule has 76 valence electrons. The third-order valence-corrected chi connectivity index (χ3v) is 1.78. The Morgan fingerprint density at radius 3 is 2.00 bits per heavy atom. The number of hydrogen-bond acceptors (Lipinski definition) is 2. The molecule has 0 unspecified atom stereocenters. The van der Waals surface area contributed by atoms with Gasteiger partial charge in [0, 0.05) is 13.2 Å². The molecule has 0 spiro atoms. The summed E-state index contributed by atoms with van der Waals surface area (Å²) < 4.78 is 23.4. The van der Waals surface area contributed by atoms with Gasteiger partial charge in [-0.2, -0.15) is 0 Å². The van der Waals surface area contributed by atoms with Gasteiger partial charge in [0.15, 0.2) is 0 Å². The Labute approximate surface area is 84.2 Å². The van der Waals surface area contributed by atoms with Gasteiger partial charge in [0.1, 0.15) is 5.82 Å². The molecule has 0 aromatic heterocycles. The lowest BCUT2D eigenvalue weighted by Gasteiger charge is -2.12. The van der Waals surface area contributed by atoms with E-state index in [-0.39, 0.29) is 12.9 Å². The Bertz CT molecular complexity index is 257. The summed E-state index contributed by atoms with van der Waals surface area (Å²) in [7, 11) is -0.384. The first-order valence-corrected chi connectivity index (χ1v) is 4.76. The maximum atomic E-state index is 12.6. The van der Waals surface area contributed by atoms with E-state index < -0.39 is 0 Å². The van der Waals surface area contributed by atoms with Crippen molar-refractivity contribution in [2.75, 3.05) is 13.2 Å². The van der Waals surface area contributed by atoms with Gasteiger partial charge in [-0.15, -0.1) is 0 Å². The molecule has 0 saturated carbocycles. The zero-order valence-electron chi connectivity index (χ0n) is 8.50. The van der Waals surface area contributed by atoms with Crippen LogP contribution in [0.3, 0.4) is 0 Å². The zero-order chi connectivity index (χ0) is 10.4. The van der Waals surface area contributed by atoms with E-state index in [1.54, 1.807) is 12.1 Å². The summed E-state index contributed by atoms with van der Waals surface area (Å²) in [5.41, 5.74) is 0.843. The van der Waals surface area contributed by atoms with Crippen molar-refractivity contribution in [3.63, 3.8) is 0 Å². The van der Waals surface area contributed by atoms with Crippen molar-refractivity contribution in [2.45, 2.75) is 13.8 Å². The molecule has 0 aliphatic carbocycles. The van der Waals surface area contributed by atoms with Crippen LogP contribution >= 0.6 is 0 Å². The van der Waals surface area contributed by atoms with Crippen LogP contribution in [0, 0.1) is 5.82 Å². The van der Waals surface area contributed by atoms with E-state index in [4.69, 9.17) is 9.31 Å². The van der Waals surface area contributed by atoms with Crippen LogP contribution in [0.2, 0.25) is 0 Å². The first-order chi connectivity index (χ1) is 6.77. The van der Waals surface area contributed by atoms with Crippen molar-refractivity contribution in [3.05, 3.63) is 30.1 Å². The topological polar surface area (TPSA) is 18.5 Å². The first-order valence-electron chi connectivity index (χ1n) is 4.76. The highest BCUT2D eigenvalue weighted by atomic mass is 19.1. The second kappa shape index (κ2) is 5.78. The van der Waals surface area contributed by atoms with Crippen LogP contribution in [0.4, 0.5) is 4.39 Å². The first kappa shape index (κ1) is 11.2. The quantitative estimate of drug-likeness (QED) is 0.665. The molecule has 0 atom stereocenters. The van der Waals surface area contributed by atoms with Crippen molar-refractivity contribution < 1.29 is 13.7 Å². The van der Waals surface area contributed by atoms with Crippen LogP contribution in [0.1, 0.15) is 13.8 Å². The second-order valence-corrected chi connectivity index (χ2v) is 2.79. The number of rotatable bonds is 5. The normalized spacial score (nSPS) is 10.2. The third-order valence-electron chi connectivity index (χ3n) is 1.78. The van der Waals surface area contributed by atoms with E-state index in [2.05, 4.69) is 0 Å². The maximum Gasteiger partial charge on any atom is 0.493 e. The predicted octanol–water partition coefficient (Wildman–Crippen LogP) is 1.59. The maximum absolute atomic E-state index is 12.6. The summed E-state index contributed by atoms with van der Waals surface area (Å²) >= 11 is 0. The van der Waals surface area contributed by atoms with E-state index in [9.17, 15) is 4.39 Å². The van der Waals surface area contributed by atoms with Crippen LogP contribution in [0.25, 0.3) is 0 Å². The molecule has 2 nitrogen and oxygen atoms in total. The van der Waals surface area contributed by atoms with Gasteiger partial charge in [0.25, 0.3) is 0 Å². The summed E-state index contributed by atoms with van der Waals surface area (Å²) in [4.78, 5) is 0. The molecule has 0 heterocycles. The molecule has 1 rings (SSSR count). The molecule has 1 aromatic rings. The van der Waals surface area contributed by atoms with Gasteiger partial charge in [0.05, 0.1) is 0 Å². The van der Waals surface area contributed by atoms with Crippen LogP contribution in [-0.2, 0) is 9.31 Å². The summed E-state index contributed by atoms with van der Waals surface area (Å²) in [5.74, 6) is -0.250. The zero-order valence-corrected chi connectivity index (χ0v) is 8.50. The van der Waals surface area contributed by atoms with E-state index in [1.165, 1.54) is 12.1 Å². The number of halogens is 1. The molecule has 14 heavy (non-hydrogen) atoms. The second-order valence-electron chi connectivity index (χ2n) is 2.79. The van der Waals surface area contributed by atoms with Crippen LogP contribution in [-0.4, -0.2) is 20.3 Å². The molecule has 0 N–H and O–H groups in total. The van der Waals surface area contributed by atoms with Crippen LogP contribution in [0.15, 0.2) is 24.3 Å². The van der Waals surface area contributed by atoms with Crippen molar-refractivity contribution >= 4 is 12.6 Å². The Kier molecular flexibility index (Phi) is 4.63. The smallest absolute Gasteiger partial charge is 0.408 e. The fourth-order valence-electron chi connectivity index (χ4n) is 1.16. The molecular formula is C10H14BFO2. The molecule has 0 amide bonds. The SMILES string of the molecule is CCOB(OCC)c1ccc(F)cc1. The summed E-state index contributed by atoms with van der Waals surface area (Å²) in [6.45, 7) is 4.94. The van der Waals surface area contributed by atoms with Gasteiger partial charge in [-0.05, 0) is 31.4 Å². The molecule has 0 saturated heterocycles. The molecule has 0 bridgehead atoms. The monoisotopic (exact) mass is 196 g/mol. The van der Waals surface area contributed by atoms with E-state index in [0.29, 0.717) is 13.2 Å². The van der Waals surface area contributed by atoms with Gasteiger partial charge in [0.2, 0.25) is 0 Å². The van der Waals surface area contributed by atoms with Gasteiger partial charge in [-0.3, -0.25) is 0 Å². The van der Waals surface area contributed by atoms with Gasteiger partial charge >= 0.3 is 7.12 Å². The largest absolute Gasteiger partial charge is 0.493 e. The van der Waals surface area contributed by atoms with Crippen molar-refractivity contribution in [1.82, 2.24) is 0 Å². The molecule has 4 heteroatoms.